The molecule has 6 heteroatoms. The van der Waals surface area contributed by atoms with Crippen LogP contribution < -0.4 is 5.32 Å². The van der Waals surface area contributed by atoms with Crippen LogP contribution in [0.15, 0.2) is 29.6 Å². The van der Waals surface area contributed by atoms with Gasteiger partial charge in [-0.3, -0.25) is 9.59 Å². The van der Waals surface area contributed by atoms with Crippen molar-refractivity contribution in [1.82, 2.24) is 10.3 Å². The number of hydrogen-bond donors (Lipinski definition) is 2. The van der Waals surface area contributed by atoms with Gasteiger partial charge in [-0.2, -0.15) is 0 Å². The molecule has 2 N–H and O–H groups in total. The van der Waals surface area contributed by atoms with Crippen LogP contribution in [0.25, 0.3) is 10.6 Å². The standard InChI is InChI=1S/C17H20N2O3S/c1-12-11-23-17(19-12)14-7-5-6-13(10-14)16(22)18-9-4-2-3-8-15(20)21/h5-7,10-11H,2-4,8-9H2,1H3,(H,18,22)(H,20,21). The van der Waals surface area contributed by atoms with Crippen LogP contribution in [0.4, 0.5) is 0 Å². The zero-order valence-corrected chi connectivity index (χ0v) is 13.9. The summed E-state index contributed by atoms with van der Waals surface area (Å²) in [5, 5.41) is 14.3. The molecule has 2 aromatic rings. The van der Waals surface area contributed by atoms with Crippen LogP contribution in [0.3, 0.4) is 0 Å². The maximum absolute atomic E-state index is 12.2. The summed E-state index contributed by atoms with van der Waals surface area (Å²) in [5.74, 6) is -0.887. The summed E-state index contributed by atoms with van der Waals surface area (Å²) in [4.78, 5) is 27.0. The number of nitrogens with one attached hydrogen (secondary N) is 1. The molecule has 23 heavy (non-hydrogen) atoms. The minimum absolute atomic E-state index is 0.113. The number of nitrogens with zero attached hydrogens (tertiary/aromatic N) is 1. The largest absolute Gasteiger partial charge is 0.481 e. The summed E-state index contributed by atoms with van der Waals surface area (Å²) in [7, 11) is 0. The Balaban J connectivity index is 1.84. The van der Waals surface area contributed by atoms with Gasteiger partial charge in [-0.15, -0.1) is 11.3 Å². The van der Waals surface area contributed by atoms with Crippen molar-refractivity contribution >= 4 is 23.2 Å². The Morgan fingerprint density at radius 2 is 2.09 bits per heavy atom. The minimum atomic E-state index is -0.775. The zero-order valence-electron chi connectivity index (χ0n) is 13.0. The smallest absolute Gasteiger partial charge is 0.303 e. The maximum atomic E-state index is 12.2. The fourth-order valence-electron chi connectivity index (χ4n) is 2.16. The molecule has 1 aromatic heterocycles. The van der Waals surface area contributed by atoms with Gasteiger partial charge in [0.05, 0.1) is 0 Å². The number of rotatable bonds is 8. The highest BCUT2D eigenvalue weighted by Gasteiger charge is 2.08. The lowest BCUT2D eigenvalue weighted by molar-refractivity contribution is -0.137. The maximum Gasteiger partial charge on any atom is 0.303 e. The molecule has 0 fully saturated rings. The van der Waals surface area contributed by atoms with E-state index >= 15 is 0 Å². The highest BCUT2D eigenvalue weighted by molar-refractivity contribution is 7.13. The van der Waals surface area contributed by atoms with E-state index in [1.165, 1.54) is 0 Å². The molecule has 1 heterocycles. The lowest BCUT2D eigenvalue weighted by atomic mass is 10.1. The van der Waals surface area contributed by atoms with Crippen LogP contribution >= 0.6 is 11.3 Å². The molecular weight excluding hydrogens is 312 g/mol. The van der Waals surface area contributed by atoms with E-state index in [1.807, 2.05) is 30.5 Å². The number of amides is 1. The Labute approximate surface area is 139 Å². The van der Waals surface area contributed by atoms with E-state index in [4.69, 9.17) is 5.11 Å². The van der Waals surface area contributed by atoms with E-state index in [0.717, 1.165) is 29.1 Å². The molecule has 0 bridgehead atoms. The lowest BCUT2D eigenvalue weighted by Crippen LogP contribution is -2.24. The van der Waals surface area contributed by atoms with E-state index < -0.39 is 5.97 Å². The van der Waals surface area contributed by atoms with Gasteiger partial charge in [-0.1, -0.05) is 18.6 Å². The highest BCUT2D eigenvalue weighted by atomic mass is 32.1. The number of carbonyl (C=O) groups is 2. The number of hydrogen-bond acceptors (Lipinski definition) is 4. The van der Waals surface area contributed by atoms with Crippen LogP contribution in [0.1, 0.15) is 41.7 Å². The first-order valence-corrected chi connectivity index (χ1v) is 8.47. The summed E-state index contributed by atoms with van der Waals surface area (Å²) in [6.07, 6.45) is 2.41. The molecule has 0 saturated heterocycles. The highest BCUT2D eigenvalue weighted by Crippen LogP contribution is 2.24. The first kappa shape index (κ1) is 17.1. The Morgan fingerprint density at radius 3 is 2.78 bits per heavy atom. The SMILES string of the molecule is Cc1csc(-c2cccc(C(=O)NCCCCCC(=O)O)c2)n1. The Morgan fingerprint density at radius 1 is 1.26 bits per heavy atom. The van der Waals surface area contributed by atoms with Gasteiger partial charge < -0.3 is 10.4 Å². The average molecular weight is 332 g/mol. The third kappa shape index (κ3) is 5.49. The summed E-state index contributed by atoms with van der Waals surface area (Å²) < 4.78 is 0. The van der Waals surface area contributed by atoms with Gasteiger partial charge in [0.15, 0.2) is 0 Å². The molecule has 0 aliphatic carbocycles. The van der Waals surface area contributed by atoms with Gasteiger partial charge in [0.1, 0.15) is 5.01 Å². The molecule has 0 aliphatic rings. The summed E-state index contributed by atoms with van der Waals surface area (Å²) in [6.45, 7) is 2.50. The number of aliphatic carboxylic acids is 1. The van der Waals surface area contributed by atoms with E-state index in [-0.39, 0.29) is 12.3 Å². The molecule has 0 atom stereocenters. The van der Waals surface area contributed by atoms with E-state index in [1.54, 1.807) is 17.4 Å². The van der Waals surface area contributed by atoms with E-state index in [9.17, 15) is 9.59 Å². The predicted octanol–water partition coefficient (Wildman–Crippen LogP) is 3.49. The Kier molecular flexibility index (Phi) is 6.29. The molecule has 5 nitrogen and oxygen atoms in total. The molecule has 0 aliphatic heterocycles. The van der Waals surface area contributed by atoms with Gasteiger partial charge in [-0.05, 0) is 31.9 Å². The van der Waals surface area contributed by atoms with Crippen LogP contribution in [-0.2, 0) is 4.79 Å². The Hall–Kier alpha value is -2.21. The van der Waals surface area contributed by atoms with Crippen molar-refractivity contribution in [2.45, 2.75) is 32.6 Å². The molecular formula is C17H20N2O3S. The van der Waals surface area contributed by atoms with E-state index in [0.29, 0.717) is 18.5 Å². The molecule has 0 spiro atoms. The number of carbonyl (C=O) groups excluding carboxylic acids is 1. The number of carboxylic acid groups (broad SMARTS) is 1. The third-order valence-corrected chi connectivity index (χ3v) is 4.35. The van der Waals surface area contributed by atoms with Crippen LogP contribution in [-0.4, -0.2) is 28.5 Å². The second-order valence-corrected chi connectivity index (χ2v) is 6.19. The molecule has 122 valence electrons. The molecule has 0 unspecified atom stereocenters. The normalized spacial score (nSPS) is 10.5. The van der Waals surface area contributed by atoms with Crippen molar-refractivity contribution < 1.29 is 14.7 Å². The van der Waals surface area contributed by atoms with Gasteiger partial charge in [-0.25, -0.2) is 4.98 Å². The van der Waals surface area contributed by atoms with E-state index in [2.05, 4.69) is 10.3 Å². The van der Waals surface area contributed by atoms with Gasteiger partial charge >= 0.3 is 5.97 Å². The molecule has 0 radical (unpaired) electrons. The minimum Gasteiger partial charge on any atom is -0.481 e. The van der Waals surface area contributed by atoms with Crippen molar-refractivity contribution in [3.63, 3.8) is 0 Å². The predicted molar refractivity (Wildman–Crippen MR) is 90.7 cm³/mol. The first-order chi connectivity index (χ1) is 11.1. The van der Waals surface area contributed by atoms with Crippen LogP contribution in [0, 0.1) is 6.92 Å². The average Bonchev–Trinajstić information content (AvgIpc) is 2.97. The van der Waals surface area contributed by atoms with Crippen molar-refractivity contribution in [3.8, 4) is 10.6 Å². The summed E-state index contributed by atoms with van der Waals surface area (Å²) in [5.41, 5.74) is 2.53. The quantitative estimate of drug-likeness (QED) is 0.725. The fourth-order valence-corrected chi connectivity index (χ4v) is 2.96. The van der Waals surface area contributed by atoms with Crippen molar-refractivity contribution in [1.29, 1.82) is 0 Å². The van der Waals surface area contributed by atoms with Gasteiger partial charge in [0.25, 0.3) is 5.91 Å². The van der Waals surface area contributed by atoms with Crippen molar-refractivity contribution in [3.05, 3.63) is 40.9 Å². The van der Waals surface area contributed by atoms with Crippen molar-refractivity contribution in [2.24, 2.45) is 0 Å². The number of carboxylic acids is 1. The third-order valence-electron chi connectivity index (χ3n) is 3.34. The summed E-state index contributed by atoms with van der Waals surface area (Å²) in [6, 6.07) is 7.43. The van der Waals surface area contributed by atoms with Crippen LogP contribution in [0.5, 0.6) is 0 Å². The number of aromatic nitrogens is 1. The molecule has 2 rings (SSSR count). The number of unbranched alkanes of at least 4 members (excludes halogenated alkanes) is 2. The Bertz CT molecular complexity index is 682. The monoisotopic (exact) mass is 332 g/mol. The first-order valence-electron chi connectivity index (χ1n) is 7.59. The van der Waals surface area contributed by atoms with Gasteiger partial charge in [0.2, 0.25) is 0 Å². The number of benzene rings is 1. The lowest BCUT2D eigenvalue weighted by Gasteiger charge is -2.06. The molecule has 1 amide bonds. The second-order valence-electron chi connectivity index (χ2n) is 5.34. The molecule has 1 aromatic carbocycles. The topological polar surface area (TPSA) is 79.3 Å². The van der Waals surface area contributed by atoms with Gasteiger partial charge in [0, 0.05) is 35.2 Å². The van der Waals surface area contributed by atoms with Crippen LogP contribution in [0.2, 0.25) is 0 Å². The summed E-state index contributed by atoms with van der Waals surface area (Å²) >= 11 is 1.56. The number of thiazole rings is 1. The number of aryl methyl sites for hydroxylation is 1. The fraction of sp³-hybridized carbons (Fsp3) is 0.353. The molecule has 0 saturated carbocycles. The zero-order chi connectivity index (χ0) is 16.7. The van der Waals surface area contributed by atoms with Crippen molar-refractivity contribution in [2.75, 3.05) is 6.54 Å². The second kappa shape index (κ2) is 8.43.